The van der Waals surface area contributed by atoms with E-state index in [1.807, 2.05) is 13.0 Å². The van der Waals surface area contributed by atoms with Crippen molar-refractivity contribution in [1.29, 1.82) is 0 Å². The van der Waals surface area contributed by atoms with Gasteiger partial charge in [-0.25, -0.2) is 0 Å². The van der Waals surface area contributed by atoms with Crippen LogP contribution in [0.25, 0.3) is 0 Å². The van der Waals surface area contributed by atoms with Crippen molar-refractivity contribution in [2.24, 2.45) is 5.92 Å². The number of amides is 1. The average Bonchev–Trinajstić information content (AvgIpc) is 2.94. The highest BCUT2D eigenvalue weighted by atomic mass is 16.2. The van der Waals surface area contributed by atoms with Gasteiger partial charge in [0, 0.05) is 30.2 Å². The molecule has 90 valence electrons. The Kier molecular flexibility index (Phi) is 2.59. The van der Waals surface area contributed by atoms with Gasteiger partial charge in [-0.05, 0) is 37.8 Å². The molecule has 4 nitrogen and oxygen atoms in total. The Bertz CT molecular complexity index is 446. The lowest BCUT2D eigenvalue weighted by molar-refractivity contribution is -0.120. The van der Waals surface area contributed by atoms with E-state index in [0.717, 1.165) is 24.1 Å². The van der Waals surface area contributed by atoms with Crippen LogP contribution < -0.4 is 10.6 Å². The Morgan fingerprint density at radius 3 is 3.06 bits per heavy atom. The molecule has 4 heteroatoms. The fraction of sp³-hybridized carbons (Fsp3) is 0.538. The van der Waals surface area contributed by atoms with Gasteiger partial charge >= 0.3 is 0 Å². The molecule has 3 unspecified atom stereocenters. The number of aryl methyl sites for hydroxylation is 1. The standard InChI is InChI=1S/C13H17N3O/c1-8-7-14-5-4-11(8)16-13(17)10-6-9-2-3-12(10)15-9/h4-5,7,9-10,12,15H,2-3,6H2,1H3,(H,14,16,17). The predicted molar refractivity (Wildman–Crippen MR) is 65.7 cm³/mol. The summed E-state index contributed by atoms with van der Waals surface area (Å²) in [5, 5.41) is 6.50. The zero-order valence-corrected chi connectivity index (χ0v) is 9.94. The number of aromatic nitrogens is 1. The molecule has 0 aliphatic carbocycles. The number of carbonyl (C=O) groups is 1. The number of carbonyl (C=O) groups excluding carboxylic acids is 1. The van der Waals surface area contributed by atoms with Gasteiger partial charge in [0.05, 0.1) is 5.92 Å². The molecule has 3 rings (SSSR count). The zero-order valence-electron chi connectivity index (χ0n) is 9.94. The Balaban J connectivity index is 1.70. The molecule has 2 saturated heterocycles. The maximum atomic E-state index is 12.2. The molecular weight excluding hydrogens is 214 g/mol. The second-order valence-electron chi connectivity index (χ2n) is 5.07. The molecule has 3 atom stereocenters. The molecule has 0 radical (unpaired) electrons. The fourth-order valence-electron chi connectivity index (χ4n) is 2.95. The van der Waals surface area contributed by atoms with Crippen LogP contribution in [-0.4, -0.2) is 23.0 Å². The molecule has 1 aromatic rings. The smallest absolute Gasteiger partial charge is 0.229 e. The van der Waals surface area contributed by atoms with Gasteiger partial charge in [0.1, 0.15) is 0 Å². The third-order valence-corrected chi connectivity index (χ3v) is 3.91. The lowest BCUT2D eigenvalue weighted by atomic mass is 9.88. The lowest BCUT2D eigenvalue weighted by Crippen LogP contribution is -2.33. The van der Waals surface area contributed by atoms with Gasteiger partial charge in [-0.15, -0.1) is 0 Å². The van der Waals surface area contributed by atoms with Crippen molar-refractivity contribution >= 4 is 11.6 Å². The Morgan fingerprint density at radius 1 is 1.53 bits per heavy atom. The first-order chi connectivity index (χ1) is 8.24. The number of fused-ring (bicyclic) bond motifs is 2. The van der Waals surface area contributed by atoms with Crippen molar-refractivity contribution in [1.82, 2.24) is 10.3 Å². The van der Waals surface area contributed by atoms with E-state index in [4.69, 9.17) is 0 Å². The topological polar surface area (TPSA) is 54.0 Å². The molecular formula is C13H17N3O. The van der Waals surface area contributed by atoms with Gasteiger partial charge in [-0.3, -0.25) is 9.78 Å². The number of hydrogen-bond acceptors (Lipinski definition) is 3. The normalized spacial score (nSPS) is 30.5. The van der Waals surface area contributed by atoms with Crippen molar-refractivity contribution < 1.29 is 4.79 Å². The highest BCUT2D eigenvalue weighted by molar-refractivity contribution is 5.94. The van der Waals surface area contributed by atoms with Crippen LogP contribution in [0, 0.1) is 12.8 Å². The summed E-state index contributed by atoms with van der Waals surface area (Å²) in [4.78, 5) is 16.2. The summed E-state index contributed by atoms with van der Waals surface area (Å²) in [5.41, 5.74) is 1.89. The lowest BCUT2D eigenvalue weighted by Gasteiger charge is -2.19. The van der Waals surface area contributed by atoms with Crippen molar-refractivity contribution in [3.05, 3.63) is 24.0 Å². The fourth-order valence-corrected chi connectivity index (χ4v) is 2.95. The summed E-state index contributed by atoms with van der Waals surface area (Å²) < 4.78 is 0. The molecule has 1 aromatic heterocycles. The summed E-state index contributed by atoms with van der Waals surface area (Å²) in [7, 11) is 0. The van der Waals surface area contributed by atoms with Crippen molar-refractivity contribution in [2.45, 2.75) is 38.3 Å². The van der Waals surface area contributed by atoms with Gasteiger partial charge in [-0.1, -0.05) is 0 Å². The highest BCUT2D eigenvalue weighted by Crippen LogP contribution is 2.34. The van der Waals surface area contributed by atoms with Crippen molar-refractivity contribution in [3.8, 4) is 0 Å². The van der Waals surface area contributed by atoms with E-state index in [2.05, 4.69) is 15.6 Å². The summed E-state index contributed by atoms with van der Waals surface area (Å²) >= 11 is 0. The monoisotopic (exact) mass is 231 g/mol. The molecule has 2 N–H and O–H groups in total. The second kappa shape index (κ2) is 4.11. The van der Waals surface area contributed by atoms with E-state index in [1.54, 1.807) is 12.4 Å². The minimum Gasteiger partial charge on any atom is -0.325 e. The van der Waals surface area contributed by atoms with Crippen LogP contribution in [-0.2, 0) is 4.79 Å². The second-order valence-corrected chi connectivity index (χ2v) is 5.07. The quantitative estimate of drug-likeness (QED) is 0.810. The summed E-state index contributed by atoms with van der Waals surface area (Å²) in [6.07, 6.45) is 6.83. The number of nitrogens with zero attached hydrogens (tertiary/aromatic N) is 1. The molecule has 2 bridgehead atoms. The largest absolute Gasteiger partial charge is 0.325 e. The molecule has 17 heavy (non-hydrogen) atoms. The molecule has 0 saturated carbocycles. The molecule has 3 heterocycles. The van der Waals surface area contributed by atoms with Crippen LogP contribution in [0.2, 0.25) is 0 Å². The highest BCUT2D eigenvalue weighted by Gasteiger charge is 2.42. The van der Waals surface area contributed by atoms with Gasteiger partial charge in [0.25, 0.3) is 0 Å². The summed E-state index contributed by atoms with van der Waals surface area (Å²) in [6.45, 7) is 1.96. The zero-order chi connectivity index (χ0) is 11.8. The van der Waals surface area contributed by atoms with E-state index < -0.39 is 0 Å². The van der Waals surface area contributed by atoms with Crippen LogP contribution in [0.1, 0.15) is 24.8 Å². The average molecular weight is 231 g/mol. The van der Waals surface area contributed by atoms with Crippen molar-refractivity contribution in [3.63, 3.8) is 0 Å². The predicted octanol–water partition coefficient (Wildman–Crippen LogP) is 1.47. The minimum absolute atomic E-state index is 0.140. The van der Waals surface area contributed by atoms with Crippen LogP contribution >= 0.6 is 0 Å². The van der Waals surface area contributed by atoms with Gasteiger partial charge < -0.3 is 10.6 Å². The molecule has 2 fully saturated rings. The Hall–Kier alpha value is -1.42. The number of anilines is 1. The number of rotatable bonds is 2. The van der Waals surface area contributed by atoms with Crippen LogP contribution in [0.4, 0.5) is 5.69 Å². The Labute approximate surface area is 101 Å². The number of hydrogen-bond donors (Lipinski definition) is 2. The van der Waals surface area contributed by atoms with Gasteiger partial charge in [0.2, 0.25) is 5.91 Å². The third kappa shape index (κ3) is 1.93. The minimum atomic E-state index is 0.140. The van der Waals surface area contributed by atoms with E-state index in [0.29, 0.717) is 12.1 Å². The number of nitrogens with one attached hydrogen (secondary N) is 2. The van der Waals surface area contributed by atoms with Crippen LogP contribution in [0.3, 0.4) is 0 Å². The maximum Gasteiger partial charge on any atom is 0.229 e. The first-order valence-corrected chi connectivity index (χ1v) is 6.21. The van der Waals surface area contributed by atoms with E-state index in [-0.39, 0.29) is 11.8 Å². The van der Waals surface area contributed by atoms with E-state index in [1.165, 1.54) is 6.42 Å². The molecule has 1 amide bonds. The summed E-state index contributed by atoms with van der Waals surface area (Å²) in [5.74, 6) is 0.292. The maximum absolute atomic E-state index is 12.2. The molecule has 2 aliphatic heterocycles. The first kappa shape index (κ1) is 10.7. The summed E-state index contributed by atoms with van der Waals surface area (Å²) in [6, 6.07) is 2.81. The van der Waals surface area contributed by atoms with Crippen molar-refractivity contribution in [2.75, 3.05) is 5.32 Å². The number of pyridine rings is 1. The van der Waals surface area contributed by atoms with Gasteiger partial charge in [-0.2, -0.15) is 0 Å². The Morgan fingerprint density at radius 2 is 2.41 bits per heavy atom. The van der Waals surface area contributed by atoms with Crippen LogP contribution in [0.5, 0.6) is 0 Å². The third-order valence-electron chi connectivity index (χ3n) is 3.91. The van der Waals surface area contributed by atoms with Crippen LogP contribution in [0.15, 0.2) is 18.5 Å². The SMILES string of the molecule is Cc1cnccc1NC(=O)C1CC2CCC1N2. The first-order valence-electron chi connectivity index (χ1n) is 6.21. The van der Waals surface area contributed by atoms with E-state index >= 15 is 0 Å². The van der Waals surface area contributed by atoms with Gasteiger partial charge in [0.15, 0.2) is 0 Å². The molecule has 2 aliphatic rings. The molecule has 0 spiro atoms. The molecule has 0 aromatic carbocycles. The van der Waals surface area contributed by atoms with E-state index in [9.17, 15) is 4.79 Å².